The number of β-amino-alcohol motifs (C(OH)–C–C–N with tert-alkyl or cyclic N) is 1. The van der Waals surface area contributed by atoms with Crippen molar-refractivity contribution in [2.45, 2.75) is 90.7 Å². The van der Waals surface area contributed by atoms with Crippen molar-refractivity contribution in [3.63, 3.8) is 0 Å². The molecule has 9 rings (SSSR count). The summed E-state index contributed by atoms with van der Waals surface area (Å²) in [5.74, 6) is -1.76. The standard InChI is InChI=1S/C60H71ClFN9O9S/c1-7-50(75)69-22-24-70(25-23-69)56-46-31-47(61)51(45-29-41(72)28-40-10-8-9-11-44(40)45)52(62)53(46)66-59(67-56)80-36(2)32-68-20-17-43(18-21-68)79-27-26-78-34-49(74)65-55(60(4,5)6)58(77)71-33-42(73)30-48(71)57(76)63-19-16-38-12-14-39(15-13-38)54-37(3)64-35-81-54/h7-15,28-29,31,35-36,42-43,48,55,72-73H,1,16-27,30,32-34H2,2-6H3,(H,63,76)(H,65,74)/t36-,42+,48+,55-/m1/s1. The lowest BCUT2D eigenvalue weighted by molar-refractivity contribution is -0.144. The van der Waals surface area contributed by atoms with Crippen LogP contribution in [0.1, 0.15) is 58.2 Å². The monoisotopic (exact) mass is 1150 g/mol. The molecule has 0 radical (unpaired) electrons. The Kier molecular flexibility index (Phi) is 18.9. The number of piperidine rings is 1. The number of nitrogens with one attached hydrogen (secondary N) is 2. The van der Waals surface area contributed by atoms with E-state index in [2.05, 4.69) is 32.1 Å². The van der Waals surface area contributed by atoms with Crippen LogP contribution in [0, 0.1) is 18.2 Å². The molecule has 0 saturated carbocycles. The Hall–Kier alpha value is -6.81. The molecule has 3 saturated heterocycles. The predicted molar refractivity (Wildman–Crippen MR) is 311 cm³/mol. The van der Waals surface area contributed by atoms with E-state index in [1.54, 1.807) is 28.4 Å². The molecule has 0 spiro atoms. The van der Waals surface area contributed by atoms with E-state index in [-0.39, 0.29) is 78.6 Å². The summed E-state index contributed by atoms with van der Waals surface area (Å²) in [5.41, 5.74) is 4.73. The summed E-state index contributed by atoms with van der Waals surface area (Å²) in [6, 6.07) is 18.4. The molecule has 21 heteroatoms. The van der Waals surface area contributed by atoms with Gasteiger partial charge in [0.1, 0.15) is 41.9 Å². The topological polar surface area (TPSA) is 212 Å². The fourth-order valence-corrected chi connectivity index (χ4v) is 12.0. The van der Waals surface area contributed by atoms with Gasteiger partial charge < -0.3 is 49.8 Å². The fourth-order valence-electron chi connectivity index (χ4n) is 10.9. The number of likely N-dealkylation sites (tertiary alicyclic amines) is 2. The van der Waals surface area contributed by atoms with Gasteiger partial charge in [0.2, 0.25) is 23.6 Å². The van der Waals surface area contributed by atoms with Gasteiger partial charge in [0, 0.05) is 76.3 Å². The maximum Gasteiger partial charge on any atom is 0.319 e. The van der Waals surface area contributed by atoms with Crippen LogP contribution in [0.3, 0.4) is 0 Å². The molecule has 6 aromatic rings. The van der Waals surface area contributed by atoms with Crippen LogP contribution in [0.4, 0.5) is 10.2 Å². The Morgan fingerprint density at radius 2 is 1.72 bits per heavy atom. The summed E-state index contributed by atoms with van der Waals surface area (Å²) < 4.78 is 35.4. The van der Waals surface area contributed by atoms with Gasteiger partial charge in [-0.05, 0) is 90.3 Å². The SMILES string of the molecule is C=CC(=O)N1CCN(c2nc(O[C@H](C)CN3CCC(OCCOCC(=O)N[C@H](C(=O)N4C[C@@H](O)C[C@H]4C(=O)NCCc4ccc(-c5scnc5C)cc4)C(C)(C)C)CC3)nc3c(F)c(-c4cc(O)cc5ccccc45)c(Cl)cc23)CC1. The minimum Gasteiger partial charge on any atom is -0.508 e. The Morgan fingerprint density at radius 3 is 2.42 bits per heavy atom. The lowest BCUT2D eigenvalue weighted by Crippen LogP contribution is -2.58. The van der Waals surface area contributed by atoms with Crippen molar-refractivity contribution in [2.24, 2.45) is 5.41 Å². The highest BCUT2D eigenvalue weighted by Crippen LogP contribution is 2.43. The van der Waals surface area contributed by atoms with E-state index in [4.69, 9.17) is 30.8 Å². The van der Waals surface area contributed by atoms with Gasteiger partial charge in [0.15, 0.2) is 5.82 Å². The van der Waals surface area contributed by atoms with Crippen LogP contribution in [0.5, 0.6) is 11.8 Å². The van der Waals surface area contributed by atoms with E-state index >= 15 is 4.39 Å². The smallest absolute Gasteiger partial charge is 0.319 e. The van der Waals surface area contributed by atoms with Crippen LogP contribution < -0.4 is 20.3 Å². The van der Waals surface area contributed by atoms with Crippen molar-refractivity contribution in [2.75, 3.05) is 83.6 Å². The number of carbonyl (C=O) groups is 4. The third kappa shape index (κ3) is 14.1. The number of aryl methyl sites for hydroxylation is 1. The second-order valence-electron chi connectivity index (χ2n) is 22.1. The number of phenols is 1. The summed E-state index contributed by atoms with van der Waals surface area (Å²) in [4.78, 5) is 75.6. The highest BCUT2D eigenvalue weighted by atomic mass is 35.5. The van der Waals surface area contributed by atoms with Gasteiger partial charge in [-0.1, -0.05) is 87.5 Å². The van der Waals surface area contributed by atoms with Crippen LogP contribution in [0.25, 0.3) is 43.2 Å². The molecule has 0 aliphatic carbocycles. The summed E-state index contributed by atoms with van der Waals surface area (Å²) >= 11 is 8.52. The van der Waals surface area contributed by atoms with E-state index in [9.17, 15) is 29.4 Å². The van der Waals surface area contributed by atoms with E-state index in [0.29, 0.717) is 73.2 Å². The van der Waals surface area contributed by atoms with Crippen LogP contribution in [-0.4, -0.2) is 173 Å². The number of fused-ring (bicyclic) bond motifs is 2. The zero-order valence-electron chi connectivity index (χ0n) is 46.5. The molecule has 4 atom stereocenters. The average Bonchev–Trinajstić information content (AvgIpc) is 3.99. The maximum atomic E-state index is 17.2. The molecule has 5 heterocycles. The van der Waals surface area contributed by atoms with Crippen LogP contribution in [0.15, 0.2) is 84.9 Å². The second kappa shape index (κ2) is 26.0. The molecule has 3 fully saturated rings. The Morgan fingerprint density at radius 1 is 0.975 bits per heavy atom. The number of piperazine rings is 1. The zero-order chi connectivity index (χ0) is 57.5. The van der Waals surface area contributed by atoms with Crippen molar-refractivity contribution in [3.8, 4) is 33.3 Å². The number of aliphatic hydroxyl groups is 1. The molecule has 18 nitrogen and oxygen atoms in total. The van der Waals surface area contributed by atoms with Crippen LogP contribution in [0.2, 0.25) is 5.02 Å². The molecule has 4 amide bonds. The quantitative estimate of drug-likeness (QED) is 0.0436. The maximum absolute atomic E-state index is 17.2. The molecule has 0 bridgehead atoms. The Labute approximate surface area is 480 Å². The van der Waals surface area contributed by atoms with Gasteiger partial charge in [-0.2, -0.15) is 9.97 Å². The van der Waals surface area contributed by atoms with Crippen molar-refractivity contribution < 1.29 is 48.0 Å². The van der Waals surface area contributed by atoms with E-state index in [0.717, 1.165) is 47.6 Å². The first-order valence-electron chi connectivity index (χ1n) is 27.6. The number of halogens is 2. The number of phenolic OH excluding ortho intramolecular Hbond substituents is 1. The van der Waals surface area contributed by atoms with Crippen molar-refractivity contribution in [3.05, 3.63) is 107 Å². The number of rotatable bonds is 20. The van der Waals surface area contributed by atoms with E-state index in [1.165, 1.54) is 17.0 Å². The average molecular weight is 1150 g/mol. The number of benzene rings is 4. The van der Waals surface area contributed by atoms with Gasteiger partial charge in [0.25, 0.3) is 0 Å². The number of carbonyl (C=O) groups excluding carboxylic acids is 4. The normalized spacial score (nSPS) is 18.0. The number of hydrogen-bond acceptors (Lipinski definition) is 15. The third-order valence-electron chi connectivity index (χ3n) is 15.2. The summed E-state index contributed by atoms with van der Waals surface area (Å²) in [6.45, 7) is 17.0. The second-order valence-corrected chi connectivity index (χ2v) is 23.4. The van der Waals surface area contributed by atoms with Gasteiger partial charge in [0.05, 0.1) is 46.5 Å². The molecule has 430 valence electrons. The molecule has 2 aromatic heterocycles. The first kappa shape index (κ1) is 58.8. The molecule has 3 aliphatic rings. The molecular formula is C60H71ClFN9O9S. The van der Waals surface area contributed by atoms with Crippen molar-refractivity contribution in [1.29, 1.82) is 0 Å². The van der Waals surface area contributed by atoms with Gasteiger partial charge in [-0.15, -0.1) is 11.3 Å². The Balaban J connectivity index is 0.741. The van der Waals surface area contributed by atoms with Gasteiger partial charge >= 0.3 is 6.01 Å². The number of ether oxygens (including phenoxy) is 3. The number of amides is 4. The zero-order valence-corrected chi connectivity index (χ0v) is 48.0. The van der Waals surface area contributed by atoms with E-state index < -0.39 is 47.3 Å². The van der Waals surface area contributed by atoms with Crippen molar-refractivity contribution in [1.82, 2.24) is 40.3 Å². The number of nitrogens with zero attached hydrogens (tertiary/aromatic N) is 7. The minimum absolute atomic E-state index is 0.00802. The highest BCUT2D eigenvalue weighted by Gasteiger charge is 2.44. The van der Waals surface area contributed by atoms with Gasteiger partial charge in [-0.25, -0.2) is 9.37 Å². The largest absolute Gasteiger partial charge is 0.508 e. The van der Waals surface area contributed by atoms with E-state index in [1.807, 2.05) is 93.6 Å². The number of aliphatic hydroxyl groups excluding tert-OH is 1. The summed E-state index contributed by atoms with van der Waals surface area (Å²) in [5, 5.41) is 29.0. The third-order valence-corrected chi connectivity index (χ3v) is 16.4. The number of anilines is 1. The van der Waals surface area contributed by atoms with Crippen molar-refractivity contribution >= 4 is 74.1 Å². The lowest BCUT2D eigenvalue weighted by Gasteiger charge is -2.35. The molecule has 3 aliphatic heterocycles. The number of aromatic nitrogens is 3. The van der Waals surface area contributed by atoms with Crippen LogP contribution >= 0.6 is 22.9 Å². The number of hydrogen-bond donors (Lipinski definition) is 4. The molecular weight excluding hydrogens is 1080 g/mol. The minimum atomic E-state index is -0.987. The molecule has 4 N–H and O–H groups in total. The summed E-state index contributed by atoms with van der Waals surface area (Å²) in [7, 11) is 0. The fraction of sp³-hybridized carbons (Fsp3) is 0.450. The summed E-state index contributed by atoms with van der Waals surface area (Å²) in [6.07, 6.45) is 2.12. The first-order valence-corrected chi connectivity index (χ1v) is 28.8. The first-order chi connectivity index (χ1) is 38.8. The number of thiazole rings is 1. The predicted octanol–water partition coefficient (Wildman–Crippen LogP) is 7.33. The Bertz CT molecular complexity index is 3250. The van der Waals surface area contributed by atoms with Gasteiger partial charge in [-0.3, -0.25) is 24.1 Å². The molecule has 0 unspecified atom stereocenters. The molecule has 4 aromatic carbocycles. The van der Waals surface area contributed by atoms with Crippen LogP contribution in [-0.2, 0) is 35.1 Å². The highest BCUT2D eigenvalue weighted by molar-refractivity contribution is 7.13. The lowest BCUT2D eigenvalue weighted by atomic mass is 9.85. The molecule has 81 heavy (non-hydrogen) atoms. The number of aromatic hydroxyl groups is 1.